The second kappa shape index (κ2) is 5.92. The number of hydrogen-bond donors (Lipinski definition) is 1. The molecule has 2 aliphatic rings. The topological polar surface area (TPSA) is 33.7 Å². The summed E-state index contributed by atoms with van der Waals surface area (Å²) in [4.78, 5) is 2.46. The van der Waals surface area contributed by atoms with Gasteiger partial charge in [0.05, 0.1) is 19.9 Å². The summed E-state index contributed by atoms with van der Waals surface area (Å²) in [5, 5.41) is 3.70. The van der Waals surface area contributed by atoms with Gasteiger partial charge in [0.15, 0.2) is 0 Å². The molecule has 1 aliphatic heterocycles. The van der Waals surface area contributed by atoms with Crippen molar-refractivity contribution in [2.75, 3.05) is 38.8 Å². The SMILES string of the molecule is COc1ccc(N2CCCNC(C3CC3)C2)c(OC)c1. The highest BCUT2D eigenvalue weighted by Gasteiger charge is 2.33. The summed E-state index contributed by atoms with van der Waals surface area (Å²) in [6.07, 6.45) is 3.94. The van der Waals surface area contributed by atoms with E-state index >= 15 is 0 Å². The van der Waals surface area contributed by atoms with E-state index in [1.807, 2.05) is 12.1 Å². The van der Waals surface area contributed by atoms with Crippen LogP contribution in [-0.4, -0.2) is 39.9 Å². The van der Waals surface area contributed by atoms with Crippen LogP contribution in [0.5, 0.6) is 11.5 Å². The van der Waals surface area contributed by atoms with Crippen LogP contribution in [0.15, 0.2) is 18.2 Å². The molecule has 1 saturated carbocycles. The third-order valence-corrected chi connectivity index (χ3v) is 4.35. The van der Waals surface area contributed by atoms with Crippen molar-refractivity contribution in [3.05, 3.63) is 18.2 Å². The van der Waals surface area contributed by atoms with Crippen LogP contribution in [0.3, 0.4) is 0 Å². The van der Waals surface area contributed by atoms with Crippen LogP contribution in [0.25, 0.3) is 0 Å². The second-order valence-electron chi connectivity index (χ2n) is 5.74. The molecular formula is C16H24N2O2. The average Bonchev–Trinajstić information content (AvgIpc) is 3.32. The maximum absolute atomic E-state index is 5.55. The Morgan fingerprint density at radius 1 is 1.20 bits per heavy atom. The van der Waals surface area contributed by atoms with Gasteiger partial charge in [0.25, 0.3) is 0 Å². The molecule has 1 aromatic carbocycles. The third-order valence-electron chi connectivity index (χ3n) is 4.35. The highest BCUT2D eigenvalue weighted by molar-refractivity contribution is 5.61. The van der Waals surface area contributed by atoms with Crippen molar-refractivity contribution in [2.45, 2.75) is 25.3 Å². The zero-order chi connectivity index (χ0) is 13.9. The summed E-state index contributed by atoms with van der Waals surface area (Å²) < 4.78 is 10.8. The Bertz CT molecular complexity index is 460. The predicted octanol–water partition coefficient (Wildman–Crippen LogP) is 2.28. The van der Waals surface area contributed by atoms with Crippen molar-refractivity contribution >= 4 is 5.69 Å². The smallest absolute Gasteiger partial charge is 0.145 e. The molecule has 0 aromatic heterocycles. The van der Waals surface area contributed by atoms with Gasteiger partial charge in [-0.05, 0) is 43.9 Å². The molecule has 1 N–H and O–H groups in total. The maximum atomic E-state index is 5.55. The summed E-state index contributed by atoms with van der Waals surface area (Å²) in [5.74, 6) is 2.62. The van der Waals surface area contributed by atoms with E-state index in [1.165, 1.54) is 24.9 Å². The molecule has 110 valence electrons. The zero-order valence-corrected chi connectivity index (χ0v) is 12.4. The lowest BCUT2D eigenvalue weighted by atomic mass is 10.1. The van der Waals surface area contributed by atoms with Crippen LogP contribution in [0.1, 0.15) is 19.3 Å². The first-order chi connectivity index (χ1) is 9.81. The van der Waals surface area contributed by atoms with E-state index < -0.39 is 0 Å². The van der Waals surface area contributed by atoms with E-state index in [1.54, 1.807) is 14.2 Å². The number of ether oxygens (including phenoxy) is 2. The fourth-order valence-corrected chi connectivity index (χ4v) is 3.03. The fraction of sp³-hybridized carbons (Fsp3) is 0.625. The van der Waals surface area contributed by atoms with E-state index in [2.05, 4.69) is 16.3 Å². The minimum atomic E-state index is 0.629. The van der Waals surface area contributed by atoms with Crippen LogP contribution in [-0.2, 0) is 0 Å². The molecule has 4 heteroatoms. The highest BCUT2D eigenvalue weighted by atomic mass is 16.5. The van der Waals surface area contributed by atoms with Crippen molar-refractivity contribution in [2.24, 2.45) is 5.92 Å². The normalized spacial score (nSPS) is 23.3. The molecular weight excluding hydrogens is 252 g/mol. The zero-order valence-electron chi connectivity index (χ0n) is 12.4. The van der Waals surface area contributed by atoms with Crippen molar-refractivity contribution in [1.82, 2.24) is 5.32 Å². The van der Waals surface area contributed by atoms with Crippen LogP contribution >= 0.6 is 0 Å². The number of nitrogens with one attached hydrogen (secondary N) is 1. The van der Waals surface area contributed by atoms with Gasteiger partial charge in [-0.2, -0.15) is 0 Å². The maximum Gasteiger partial charge on any atom is 0.145 e. The largest absolute Gasteiger partial charge is 0.497 e. The highest BCUT2D eigenvalue weighted by Crippen LogP contribution is 2.37. The van der Waals surface area contributed by atoms with Crippen molar-refractivity contribution in [1.29, 1.82) is 0 Å². The fourth-order valence-electron chi connectivity index (χ4n) is 3.03. The monoisotopic (exact) mass is 276 g/mol. The summed E-state index contributed by atoms with van der Waals surface area (Å²) in [5.41, 5.74) is 1.18. The van der Waals surface area contributed by atoms with Crippen LogP contribution in [0.4, 0.5) is 5.69 Å². The van der Waals surface area contributed by atoms with Crippen molar-refractivity contribution in [3.8, 4) is 11.5 Å². The number of methoxy groups -OCH3 is 2. The van der Waals surface area contributed by atoms with Gasteiger partial charge in [0, 0.05) is 25.2 Å². The molecule has 1 aliphatic carbocycles. The van der Waals surface area contributed by atoms with Gasteiger partial charge >= 0.3 is 0 Å². The minimum absolute atomic E-state index is 0.629. The summed E-state index contributed by atoms with van der Waals surface area (Å²) >= 11 is 0. The molecule has 20 heavy (non-hydrogen) atoms. The summed E-state index contributed by atoms with van der Waals surface area (Å²) in [7, 11) is 3.42. The van der Waals surface area contributed by atoms with Crippen LogP contribution < -0.4 is 19.7 Å². The van der Waals surface area contributed by atoms with Gasteiger partial charge < -0.3 is 19.7 Å². The Balaban J connectivity index is 1.82. The molecule has 0 bridgehead atoms. The lowest BCUT2D eigenvalue weighted by molar-refractivity contribution is 0.393. The first kappa shape index (κ1) is 13.6. The molecule has 4 nitrogen and oxygen atoms in total. The third kappa shape index (κ3) is 2.85. The first-order valence-corrected chi connectivity index (χ1v) is 7.52. The molecule has 1 heterocycles. The molecule has 0 radical (unpaired) electrons. The van der Waals surface area contributed by atoms with E-state index in [4.69, 9.17) is 9.47 Å². The molecule has 1 atom stereocenters. The Morgan fingerprint density at radius 2 is 2.05 bits per heavy atom. The summed E-state index contributed by atoms with van der Waals surface area (Å²) in [6.45, 7) is 3.28. The van der Waals surface area contributed by atoms with Crippen LogP contribution in [0.2, 0.25) is 0 Å². The predicted molar refractivity (Wildman–Crippen MR) is 80.9 cm³/mol. The van der Waals surface area contributed by atoms with E-state index in [9.17, 15) is 0 Å². The van der Waals surface area contributed by atoms with Crippen molar-refractivity contribution in [3.63, 3.8) is 0 Å². The Hall–Kier alpha value is -1.42. The van der Waals surface area contributed by atoms with E-state index in [0.29, 0.717) is 6.04 Å². The number of benzene rings is 1. The Morgan fingerprint density at radius 3 is 2.75 bits per heavy atom. The van der Waals surface area contributed by atoms with Gasteiger partial charge in [-0.1, -0.05) is 0 Å². The standard InChI is InChI=1S/C16H24N2O2/c1-19-13-6-7-15(16(10-13)20-2)18-9-3-8-17-14(11-18)12-4-5-12/h6-7,10,12,14,17H,3-5,8-9,11H2,1-2H3. The summed E-state index contributed by atoms with van der Waals surface area (Å²) in [6, 6.07) is 6.74. The van der Waals surface area contributed by atoms with Crippen LogP contribution in [0, 0.1) is 5.92 Å². The molecule has 0 spiro atoms. The Labute approximate surface area is 121 Å². The molecule has 1 aromatic rings. The van der Waals surface area contributed by atoms with Gasteiger partial charge in [-0.25, -0.2) is 0 Å². The van der Waals surface area contributed by atoms with Gasteiger partial charge in [-0.3, -0.25) is 0 Å². The average molecular weight is 276 g/mol. The lowest BCUT2D eigenvalue weighted by Crippen LogP contribution is -2.39. The lowest BCUT2D eigenvalue weighted by Gasteiger charge is -2.28. The van der Waals surface area contributed by atoms with Gasteiger partial charge in [0.1, 0.15) is 11.5 Å². The van der Waals surface area contributed by atoms with Crippen molar-refractivity contribution < 1.29 is 9.47 Å². The Kier molecular flexibility index (Phi) is 4.01. The van der Waals surface area contributed by atoms with E-state index in [0.717, 1.165) is 37.1 Å². The number of nitrogens with zero attached hydrogens (tertiary/aromatic N) is 1. The number of rotatable bonds is 4. The van der Waals surface area contributed by atoms with Gasteiger partial charge in [0.2, 0.25) is 0 Å². The molecule has 1 unspecified atom stereocenters. The molecule has 1 saturated heterocycles. The van der Waals surface area contributed by atoms with E-state index in [-0.39, 0.29) is 0 Å². The number of hydrogen-bond acceptors (Lipinski definition) is 4. The molecule has 0 amide bonds. The molecule has 2 fully saturated rings. The first-order valence-electron chi connectivity index (χ1n) is 7.52. The van der Waals surface area contributed by atoms with Gasteiger partial charge in [-0.15, -0.1) is 0 Å². The minimum Gasteiger partial charge on any atom is -0.497 e. The number of anilines is 1. The molecule has 3 rings (SSSR count). The second-order valence-corrected chi connectivity index (χ2v) is 5.74. The quantitative estimate of drug-likeness (QED) is 0.915.